The molecule has 3 rings (SSSR count). The van der Waals surface area contributed by atoms with Gasteiger partial charge in [0.1, 0.15) is 11.3 Å². The maximum absolute atomic E-state index is 14.0. The highest BCUT2D eigenvalue weighted by Gasteiger charge is 2.59. The van der Waals surface area contributed by atoms with E-state index in [1.54, 1.807) is 30.1 Å². The molecule has 2 heterocycles. The molecule has 1 aliphatic heterocycles. The minimum Gasteiger partial charge on any atom is -0.496 e. The van der Waals surface area contributed by atoms with Gasteiger partial charge in [-0.25, -0.2) is 9.78 Å². The van der Waals surface area contributed by atoms with E-state index in [0.29, 0.717) is 17.0 Å². The van der Waals surface area contributed by atoms with Gasteiger partial charge in [0, 0.05) is 10.9 Å². The van der Waals surface area contributed by atoms with Crippen molar-refractivity contribution in [2.75, 3.05) is 7.11 Å². The van der Waals surface area contributed by atoms with Crippen LogP contribution in [0.4, 0.5) is 0 Å². The van der Waals surface area contributed by atoms with Crippen LogP contribution in [0.5, 0.6) is 5.75 Å². The third-order valence-corrected chi connectivity index (χ3v) is 6.82. The van der Waals surface area contributed by atoms with Crippen molar-refractivity contribution in [3.05, 3.63) is 45.9 Å². The van der Waals surface area contributed by atoms with E-state index in [4.69, 9.17) is 4.74 Å². The molecule has 0 spiro atoms. The monoisotopic (exact) mass is 469 g/mol. The van der Waals surface area contributed by atoms with E-state index in [0.717, 1.165) is 5.56 Å². The molecule has 0 saturated carbocycles. The summed E-state index contributed by atoms with van der Waals surface area (Å²) in [6.07, 6.45) is 0.298. The number of carbonyl (C=O) groups is 2. The molecule has 1 aromatic heterocycles. The molecular formula is C25H31N3O4S. The Labute approximate surface area is 199 Å². The highest BCUT2D eigenvalue weighted by atomic mass is 32.1. The maximum atomic E-state index is 14.0. The number of nitrogens with zero attached hydrogens (tertiary/aromatic N) is 3. The van der Waals surface area contributed by atoms with Gasteiger partial charge in [-0.1, -0.05) is 40.7 Å². The van der Waals surface area contributed by atoms with Crippen molar-refractivity contribution in [3.8, 4) is 11.8 Å². The van der Waals surface area contributed by atoms with E-state index in [1.807, 2.05) is 19.9 Å². The molecule has 1 saturated heterocycles. The van der Waals surface area contributed by atoms with Crippen LogP contribution in [0.3, 0.4) is 0 Å². The number of hydrogen-bond donors (Lipinski definition) is 1. The Morgan fingerprint density at radius 1 is 1.39 bits per heavy atom. The van der Waals surface area contributed by atoms with E-state index >= 15 is 0 Å². The average Bonchev–Trinajstić information content (AvgIpc) is 3.37. The van der Waals surface area contributed by atoms with Crippen molar-refractivity contribution in [1.82, 2.24) is 9.88 Å². The zero-order chi connectivity index (χ0) is 24.6. The first-order valence-electron chi connectivity index (χ1n) is 11.0. The van der Waals surface area contributed by atoms with Crippen molar-refractivity contribution >= 4 is 23.2 Å². The summed E-state index contributed by atoms with van der Waals surface area (Å²) in [5.41, 5.74) is 1.75. The largest absolute Gasteiger partial charge is 0.496 e. The first kappa shape index (κ1) is 24.7. The molecule has 0 radical (unpaired) electrons. The summed E-state index contributed by atoms with van der Waals surface area (Å²) in [7, 11) is 1.55. The van der Waals surface area contributed by atoms with Crippen LogP contribution >= 0.6 is 11.3 Å². The summed E-state index contributed by atoms with van der Waals surface area (Å²) in [4.78, 5) is 32.5. The van der Waals surface area contributed by atoms with Crippen molar-refractivity contribution in [2.24, 2.45) is 11.8 Å². The first-order valence-corrected chi connectivity index (χ1v) is 11.9. The van der Waals surface area contributed by atoms with Gasteiger partial charge in [-0.15, -0.1) is 11.3 Å². The predicted octanol–water partition coefficient (Wildman–Crippen LogP) is 5.05. The number of aromatic nitrogens is 1. The van der Waals surface area contributed by atoms with E-state index < -0.39 is 29.4 Å². The molecule has 7 nitrogen and oxygen atoms in total. The highest BCUT2D eigenvalue weighted by Crippen LogP contribution is 2.50. The number of methoxy groups -OCH3 is 1. The second kappa shape index (κ2) is 9.14. The van der Waals surface area contributed by atoms with Crippen LogP contribution in [0.15, 0.2) is 29.1 Å². The molecule has 1 fully saturated rings. The van der Waals surface area contributed by atoms with Gasteiger partial charge < -0.3 is 14.7 Å². The zero-order valence-electron chi connectivity index (χ0n) is 20.0. The van der Waals surface area contributed by atoms with Gasteiger partial charge in [-0.05, 0) is 41.9 Å². The SMILES string of the molecule is COc1cc(C(=O)N2[C@@H](c3cscn3)[C@@H](C#N)C[C@@]2(CC(C)C)C(=O)O)ccc1C(C)(C)C. The first-order chi connectivity index (χ1) is 15.5. The Balaban J connectivity index is 2.20. The van der Waals surface area contributed by atoms with E-state index in [9.17, 15) is 20.0 Å². The van der Waals surface area contributed by atoms with Crippen LogP contribution < -0.4 is 4.74 Å². The summed E-state index contributed by atoms with van der Waals surface area (Å²) in [6, 6.07) is 6.75. The van der Waals surface area contributed by atoms with E-state index in [1.165, 1.54) is 16.2 Å². The number of benzene rings is 1. The molecule has 0 bridgehead atoms. The number of nitriles is 1. The van der Waals surface area contributed by atoms with Crippen molar-refractivity contribution in [1.29, 1.82) is 5.26 Å². The maximum Gasteiger partial charge on any atom is 0.329 e. The molecule has 176 valence electrons. The van der Waals surface area contributed by atoms with Gasteiger partial charge in [0.2, 0.25) is 0 Å². The van der Waals surface area contributed by atoms with Crippen LogP contribution in [0, 0.1) is 23.2 Å². The van der Waals surface area contributed by atoms with Gasteiger partial charge in [0.25, 0.3) is 5.91 Å². The Morgan fingerprint density at radius 3 is 2.58 bits per heavy atom. The Bertz CT molecular complexity index is 1070. The molecule has 1 N–H and O–H groups in total. The molecule has 1 aliphatic rings. The molecule has 2 aromatic rings. The van der Waals surface area contributed by atoms with Crippen molar-refractivity contribution in [3.63, 3.8) is 0 Å². The third-order valence-electron chi connectivity index (χ3n) is 6.22. The Morgan fingerprint density at radius 2 is 2.09 bits per heavy atom. The second-order valence-corrected chi connectivity index (χ2v) is 10.8. The smallest absolute Gasteiger partial charge is 0.329 e. The number of aliphatic carboxylic acids is 1. The number of thiazole rings is 1. The average molecular weight is 470 g/mol. The van der Waals surface area contributed by atoms with Crippen LogP contribution in [0.1, 0.15) is 75.1 Å². The molecule has 0 unspecified atom stereocenters. The van der Waals surface area contributed by atoms with E-state index in [2.05, 4.69) is 31.8 Å². The van der Waals surface area contributed by atoms with Crippen molar-refractivity contribution in [2.45, 2.75) is 64.5 Å². The molecule has 3 atom stereocenters. The zero-order valence-corrected chi connectivity index (χ0v) is 20.8. The molecular weight excluding hydrogens is 438 g/mol. The standard InChI is InChI=1S/C25H31N3O4S/c1-15(2)10-25(23(30)31)11-17(12-26)21(19-13-33-14-27-19)28(25)22(29)16-7-8-18(24(3,4)5)20(9-16)32-6/h7-9,13-15,17,21H,10-11H2,1-6H3,(H,30,31)/t17-,21-,25+/m1/s1. The topological polar surface area (TPSA) is 104 Å². The molecule has 1 aromatic carbocycles. The number of rotatable bonds is 6. The van der Waals surface area contributed by atoms with Gasteiger partial charge in [0.15, 0.2) is 0 Å². The molecule has 33 heavy (non-hydrogen) atoms. The fourth-order valence-electron chi connectivity index (χ4n) is 4.88. The molecule has 8 heteroatoms. The molecule has 0 aliphatic carbocycles. The third kappa shape index (κ3) is 4.47. The predicted molar refractivity (Wildman–Crippen MR) is 126 cm³/mol. The van der Waals surface area contributed by atoms with Gasteiger partial charge in [-0.2, -0.15) is 5.26 Å². The summed E-state index contributed by atoms with van der Waals surface area (Å²) >= 11 is 1.36. The fraction of sp³-hybridized carbons (Fsp3) is 0.520. The normalized spacial score (nSPS) is 22.9. The van der Waals surface area contributed by atoms with Gasteiger partial charge in [0.05, 0.1) is 36.3 Å². The number of amides is 1. The Kier molecular flexibility index (Phi) is 6.85. The minimum atomic E-state index is -1.50. The quantitative estimate of drug-likeness (QED) is 0.635. The number of carboxylic acids is 1. The number of carboxylic acid groups (broad SMARTS) is 1. The summed E-state index contributed by atoms with van der Waals surface area (Å²) in [5.74, 6) is -1.64. The van der Waals surface area contributed by atoms with Crippen LogP contribution in [0.2, 0.25) is 0 Å². The van der Waals surface area contributed by atoms with Crippen LogP contribution in [-0.2, 0) is 10.2 Å². The second-order valence-electron chi connectivity index (χ2n) is 10.1. The van der Waals surface area contributed by atoms with Crippen molar-refractivity contribution < 1.29 is 19.4 Å². The minimum absolute atomic E-state index is 0.00253. The Hall–Kier alpha value is -2.92. The lowest BCUT2D eigenvalue weighted by Crippen LogP contribution is -2.54. The summed E-state index contributed by atoms with van der Waals surface area (Å²) in [6.45, 7) is 10.0. The van der Waals surface area contributed by atoms with E-state index in [-0.39, 0.29) is 24.2 Å². The summed E-state index contributed by atoms with van der Waals surface area (Å²) < 4.78 is 5.58. The van der Waals surface area contributed by atoms with Gasteiger partial charge >= 0.3 is 5.97 Å². The fourth-order valence-corrected chi connectivity index (χ4v) is 5.46. The number of hydrogen-bond acceptors (Lipinski definition) is 6. The number of likely N-dealkylation sites (tertiary alicyclic amines) is 1. The van der Waals surface area contributed by atoms with Crippen LogP contribution in [0.25, 0.3) is 0 Å². The summed E-state index contributed by atoms with van der Waals surface area (Å²) in [5, 5.41) is 22.1. The van der Waals surface area contributed by atoms with Gasteiger partial charge in [-0.3, -0.25) is 4.79 Å². The lowest BCUT2D eigenvalue weighted by atomic mass is 9.83. The number of ether oxygens (including phenoxy) is 1. The highest BCUT2D eigenvalue weighted by molar-refractivity contribution is 7.07. The molecule has 1 amide bonds. The number of carbonyl (C=O) groups excluding carboxylic acids is 1. The lowest BCUT2D eigenvalue weighted by molar-refractivity contribution is -0.150. The lowest BCUT2D eigenvalue weighted by Gasteiger charge is -2.38. The van der Waals surface area contributed by atoms with Crippen LogP contribution in [-0.4, -0.2) is 39.5 Å².